The number of halogens is 3. The van der Waals surface area contributed by atoms with Gasteiger partial charge in [-0.3, -0.25) is 4.79 Å². The third-order valence-corrected chi connectivity index (χ3v) is 7.96. The summed E-state index contributed by atoms with van der Waals surface area (Å²) in [5, 5.41) is 2.09. The lowest BCUT2D eigenvalue weighted by atomic mass is 10.1. The van der Waals surface area contributed by atoms with E-state index in [1.165, 1.54) is 24.3 Å². The van der Waals surface area contributed by atoms with Crippen molar-refractivity contribution in [2.24, 2.45) is 0 Å². The van der Waals surface area contributed by atoms with E-state index in [4.69, 9.17) is 0 Å². The second-order valence-electron chi connectivity index (χ2n) is 7.78. The summed E-state index contributed by atoms with van der Waals surface area (Å²) in [4.78, 5) is 19.8. The highest BCUT2D eigenvalue weighted by Gasteiger charge is 2.33. The van der Waals surface area contributed by atoms with Gasteiger partial charge in [-0.15, -0.1) is 0 Å². The number of hydrogen-bond donors (Lipinski definition) is 2. The molecule has 2 N–H and O–H groups in total. The predicted octanol–water partition coefficient (Wildman–Crippen LogP) is 5.97. The molecule has 0 saturated heterocycles. The first-order valence-corrected chi connectivity index (χ1v) is 13.1. The van der Waals surface area contributed by atoms with E-state index >= 15 is 0 Å². The highest BCUT2D eigenvalue weighted by atomic mass is 32.2. The van der Waals surface area contributed by atoms with Crippen molar-refractivity contribution < 1.29 is 26.4 Å². The number of aryl methyl sites for hydroxylation is 1. The number of carbonyl (C=O) groups excluding carboxylic acids is 1. The third-order valence-electron chi connectivity index (χ3n) is 5.13. The number of imidazole rings is 1. The minimum absolute atomic E-state index is 0.0358. The van der Waals surface area contributed by atoms with E-state index in [1.807, 2.05) is 19.1 Å². The zero-order valence-electron chi connectivity index (χ0n) is 18.8. The van der Waals surface area contributed by atoms with E-state index in [0.717, 1.165) is 29.5 Å². The van der Waals surface area contributed by atoms with Crippen LogP contribution in [0.1, 0.15) is 11.1 Å². The lowest BCUT2D eigenvalue weighted by Gasteiger charge is -2.13. The van der Waals surface area contributed by atoms with Crippen molar-refractivity contribution in [1.29, 1.82) is 0 Å². The number of sulfone groups is 1. The van der Waals surface area contributed by atoms with Crippen molar-refractivity contribution in [3.63, 3.8) is 0 Å². The number of amides is 1. The number of anilines is 1. The normalized spacial score (nSPS) is 11.9. The van der Waals surface area contributed by atoms with Gasteiger partial charge in [0.1, 0.15) is 10.9 Å². The number of thioether (sulfide) groups is 1. The second-order valence-corrected chi connectivity index (χ2v) is 10.6. The number of carbonyl (C=O) groups is 1. The van der Waals surface area contributed by atoms with Crippen molar-refractivity contribution >= 4 is 33.2 Å². The Kier molecular flexibility index (Phi) is 7.23. The van der Waals surface area contributed by atoms with E-state index < -0.39 is 27.5 Å². The van der Waals surface area contributed by atoms with Crippen LogP contribution in [-0.4, -0.2) is 30.0 Å². The molecule has 0 fully saturated rings. The number of nitrogens with zero attached hydrogens (tertiary/aromatic N) is 1. The number of benzene rings is 3. The smallest absolute Gasteiger partial charge is 0.328 e. The summed E-state index contributed by atoms with van der Waals surface area (Å²) >= 11 is 0.813. The van der Waals surface area contributed by atoms with Crippen LogP contribution < -0.4 is 5.32 Å². The Bertz CT molecular complexity index is 1480. The van der Waals surface area contributed by atoms with Crippen LogP contribution in [0.5, 0.6) is 0 Å². The molecule has 0 aliphatic carbocycles. The Balaban J connectivity index is 1.63. The molecule has 1 amide bonds. The number of nitrogens with one attached hydrogen (secondary N) is 2. The summed E-state index contributed by atoms with van der Waals surface area (Å²) in [6.45, 7) is 1.91. The molecule has 6 nitrogen and oxygen atoms in total. The summed E-state index contributed by atoms with van der Waals surface area (Å²) in [5.41, 5.74) is 0.292. The second kappa shape index (κ2) is 10.2. The number of aromatic nitrogens is 2. The van der Waals surface area contributed by atoms with Crippen LogP contribution in [-0.2, 0) is 20.8 Å². The van der Waals surface area contributed by atoms with Gasteiger partial charge in [-0.05, 0) is 31.2 Å². The van der Waals surface area contributed by atoms with Crippen molar-refractivity contribution in [2.45, 2.75) is 28.0 Å². The lowest BCUT2D eigenvalue weighted by Crippen LogP contribution is -2.18. The summed E-state index contributed by atoms with van der Waals surface area (Å²) in [5.74, 6) is -0.809. The topological polar surface area (TPSA) is 91.9 Å². The van der Waals surface area contributed by atoms with E-state index in [0.29, 0.717) is 5.56 Å². The number of aromatic amines is 1. The molecule has 0 unspecified atom stereocenters. The SMILES string of the molecule is Cc1ccc(-c2nc(SCC(=O)Nc3ccccc3C(F)(F)F)c(S(=O)(=O)c3ccccc3)[nH]2)cc1. The molecule has 1 aromatic heterocycles. The van der Waals surface area contributed by atoms with E-state index in [2.05, 4.69) is 15.3 Å². The maximum absolute atomic E-state index is 13.3. The average molecular weight is 532 g/mol. The lowest BCUT2D eigenvalue weighted by molar-refractivity contribution is -0.137. The molecule has 186 valence electrons. The molecule has 3 aromatic carbocycles. The first kappa shape index (κ1) is 25.5. The van der Waals surface area contributed by atoms with E-state index in [-0.39, 0.29) is 32.2 Å². The van der Waals surface area contributed by atoms with E-state index in [9.17, 15) is 26.4 Å². The summed E-state index contributed by atoms with van der Waals surface area (Å²) in [6, 6.07) is 19.6. The summed E-state index contributed by atoms with van der Waals surface area (Å²) in [7, 11) is -4.02. The van der Waals surface area contributed by atoms with Crippen LogP contribution in [0.15, 0.2) is 93.8 Å². The van der Waals surface area contributed by atoms with Gasteiger partial charge in [0, 0.05) is 5.56 Å². The standard InChI is InChI=1S/C25H20F3N3O3S2/c1-16-11-13-17(14-12-16)22-30-23(24(31-22)36(33,34)18-7-3-2-4-8-18)35-15-21(32)29-20-10-6-5-9-19(20)25(26,27)28/h2-14H,15H2,1H3,(H,29,32)(H,30,31). The molecule has 1 heterocycles. The molecule has 0 aliphatic rings. The van der Waals surface area contributed by atoms with Crippen LogP contribution >= 0.6 is 11.8 Å². The van der Waals surface area contributed by atoms with Gasteiger partial charge in [-0.2, -0.15) is 13.2 Å². The van der Waals surface area contributed by atoms with Gasteiger partial charge in [-0.25, -0.2) is 13.4 Å². The van der Waals surface area contributed by atoms with Gasteiger partial charge in [0.05, 0.1) is 21.9 Å². The zero-order valence-corrected chi connectivity index (χ0v) is 20.5. The molecule has 0 atom stereocenters. The summed E-state index contributed by atoms with van der Waals surface area (Å²) in [6.07, 6.45) is -4.64. The minimum Gasteiger partial charge on any atom is -0.328 e. The molecule has 4 aromatic rings. The van der Waals surface area contributed by atoms with Crippen molar-refractivity contribution in [3.8, 4) is 11.4 Å². The van der Waals surface area contributed by atoms with Crippen LogP contribution in [0.25, 0.3) is 11.4 Å². The predicted molar refractivity (Wildman–Crippen MR) is 131 cm³/mol. The van der Waals surface area contributed by atoms with Gasteiger partial charge in [0.25, 0.3) is 0 Å². The molecular formula is C25H20F3N3O3S2. The highest BCUT2D eigenvalue weighted by molar-refractivity contribution is 8.00. The van der Waals surface area contributed by atoms with Crippen molar-refractivity contribution in [3.05, 3.63) is 90.0 Å². The van der Waals surface area contributed by atoms with Gasteiger partial charge in [0.2, 0.25) is 15.7 Å². The van der Waals surface area contributed by atoms with Crippen LogP contribution in [0.2, 0.25) is 0 Å². The minimum atomic E-state index is -4.64. The van der Waals surface area contributed by atoms with Crippen LogP contribution in [0.3, 0.4) is 0 Å². The largest absolute Gasteiger partial charge is 0.418 e. The molecule has 36 heavy (non-hydrogen) atoms. The fourth-order valence-corrected chi connectivity index (χ4v) is 5.79. The Labute approximate surface area is 209 Å². The van der Waals surface area contributed by atoms with Gasteiger partial charge >= 0.3 is 6.18 Å². The third kappa shape index (κ3) is 5.63. The molecule has 4 rings (SSSR count). The molecule has 0 bridgehead atoms. The maximum atomic E-state index is 13.3. The van der Waals surface area contributed by atoms with Crippen molar-refractivity contribution in [1.82, 2.24) is 9.97 Å². The molecule has 0 saturated carbocycles. The van der Waals surface area contributed by atoms with Gasteiger partial charge in [-0.1, -0.05) is 71.9 Å². The van der Waals surface area contributed by atoms with Crippen LogP contribution in [0.4, 0.5) is 18.9 Å². The van der Waals surface area contributed by atoms with E-state index in [1.54, 1.807) is 30.3 Å². The fraction of sp³-hybridized carbons (Fsp3) is 0.120. The van der Waals surface area contributed by atoms with Crippen LogP contribution in [0, 0.1) is 6.92 Å². The zero-order chi connectivity index (χ0) is 25.9. The number of H-pyrrole nitrogens is 1. The average Bonchev–Trinajstić information content (AvgIpc) is 3.29. The molecule has 0 spiro atoms. The Hall–Kier alpha value is -3.57. The Morgan fingerprint density at radius 3 is 2.28 bits per heavy atom. The van der Waals surface area contributed by atoms with Crippen molar-refractivity contribution in [2.75, 3.05) is 11.1 Å². The molecule has 0 radical (unpaired) electrons. The molecule has 11 heteroatoms. The molecule has 0 aliphatic heterocycles. The first-order valence-electron chi connectivity index (χ1n) is 10.6. The first-order chi connectivity index (χ1) is 17.1. The fourth-order valence-electron chi connectivity index (χ4n) is 3.35. The molecular weight excluding hydrogens is 511 g/mol. The maximum Gasteiger partial charge on any atom is 0.418 e. The number of para-hydroxylation sites is 1. The highest BCUT2D eigenvalue weighted by Crippen LogP contribution is 2.35. The Morgan fingerprint density at radius 1 is 0.972 bits per heavy atom. The summed E-state index contributed by atoms with van der Waals surface area (Å²) < 4.78 is 66.4. The van der Waals surface area contributed by atoms with Gasteiger partial charge in [0.15, 0.2) is 5.03 Å². The number of rotatable bonds is 7. The Morgan fingerprint density at radius 2 is 1.61 bits per heavy atom. The number of hydrogen-bond acceptors (Lipinski definition) is 5. The number of alkyl halides is 3. The quantitative estimate of drug-likeness (QED) is 0.287. The monoisotopic (exact) mass is 531 g/mol. The van der Waals surface area contributed by atoms with Gasteiger partial charge < -0.3 is 10.3 Å².